The first-order chi connectivity index (χ1) is 8.19. The average molecular weight is 329 g/mol. The molecule has 0 bridgehead atoms. The van der Waals surface area contributed by atoms with E-state index in [0.29, 0.717) is 16.3 Å². The van der Waals surface area contributed by atoms with E-state index in [4.69, 9.17) is 9.47 Å². The molecule has 4 nitrogen and oxygen atoms in total. The van der Waals surface area contributed by atoms with Crippen LogP contribution in [0.2, 0.25) is 0 Å². The van der Waals surface area contributed by atoms with Crippen LogP contribution in [-0.2, 0) is 0 Å². The van der Waals surface area contributed by atoms with Gasteiger partial charge in [0.15, 0.2) is 0 Å². The molecular formula is C11H12N2Na2O2Se. The van der Waals surface area contributed by atoms with Crippen LogP contribution in [0.5, 0.6) is 11.5 Å². The van der Waals surface area contributed by atoms with Crippen molar-refractivity contribution in [2.45, 2.75) is 6.92 Å². The summed E-state index contributed by atoms with van der Waals surface area (Å²) in [5.74, 6) is 2.27. The summed E-state index contributed by atoms with van der Waals surface area (Å²) in [6.07, 6.45) is 0. The summed E-state index contributed by atoms with van der Waals surface area (Å²) in [5.41, 5.74) is 0.933. The third-order valence-corrected chi connectivity index (χ3v) is 5.94. The Balaban J connectivity index is 0.00000162. The van der Waals surface area contributed by atoms with Gasteiger partial charge >= 0.3 is 151 Å². The van der Waals surface area contributed by atoms with Gasteiger partial charge in [0.05, 0.1) is 0 Å². The third kappa shape index (κ3) is 3.41. The van der Waals surface area contributed by atoms with Gasteiger partial charge < -0.3 is 0 Å². The number of fused-ring (bicyclic) bond motifs is 1. The number of nitrogens with zero attached hydrogens (tertiary/aromatic N) is 2. The van der Waals surface area contributed by atoms with Gasteiger partial charge in [-0.05, 0) is 0 Å². The van der Waals surface area contributed by atoms with Gasteiger partial charge in [0.1, 0.15) is 0 Å². The Hall–Kier alpha value is 0.679. The fourth-order valence-electron chi connectivity index (χ4n) is 1.69. The first kappa shape index (κ1) is 16.7. The molecule has 0 saturated heterocycles. The molecule has 0 fully saturated rings. The van der Waals surface area contributed by atoms with Crippen LogP contribution >= 0.6 is 0 Å². The predicted octanol–water partition coefficient (Wildman–Crippen LogP) is -0.280. The Morgan fingerprint density at radius 1 is 1.11 bits per heavy atom. The number of aromatic nitrogens is 2. The summed E-state index contributed by atoms with van der Waals surface area (Å²) >= 11 is 1.14. The van der Waals surface area contributed by atoms with E-state index >= 15 is 0 Å². The quantitative estimate of drug-likeness (QED) is 0.727. The molecule has 1 aromatic heterocycles. The van der Waals surface area contributed by atoms with Crippen molar-refractivity contribution in [3.63, 3.8) is 0 Å². The van der Waals surface area contributed by atoms with Crippen molar-refractivity contribution in [1.29, 1.82) is 0 Å². The first-order valence-electron chi connectivity index (χ1n) is 5.14. The van der Waals surface area contributed by atoms with E-state index in [0.717, 1.165) is 52.4 Å². The molecule has 7 heteroatoms. The molecule has 1 heterocycles. The van der Waals surface area contributed by atoms with E-state index in [2.05, 4.69) is 9.97 Å². The maximum atomic E-state index is 5.31. The number of methoxy groups -OCH3 is 2. The van der Waals surface area contributed by atoms with E-state index in [-0.39, 0.29) is 29.6 Å². The molecule has 0 aliphatic rings. The first-order valence-corrected chi connectivity index (χ1v) is 11.9. The monoisotopic (exact) mass is 330 g/mol. The molecule has 1 aromatic carbocycles. The fourth-order valence-corrected chi connectivity index (χ4v) is 4.58. The van der Waals surface area contributed by atoms with Gasteiger partial charge in [-0.3, -0.25) is 0 Å². The molecule has 0 unspecified atom stereocenters. The van der Waals surface area contributed by atoms with E-state index < -0.39 is 0 Å². The van der Waals surface area contributed by atoms with Crippen LogP contribution in [0.3, 0.4) is 0 Å². The zero-order chi connectivity index (χ0) is 12.4. The van der Waals surface area contributed by atoms with Gasteiger partial charge in [-0.15, -0.1) is 0 Å². The van der Waals surface area contributed by atoms with Gasteiger partial charge in [0.2, 0.25) is 0 Å². The van der Waals surface area contributed by atoms with Crippen molar-refractivity contribution >= 4 is 80.9 Å². The number of benzene rings is 1. The third-order valence-electron chi connectivity index (χ3n) is 2.47. The molecule has 0 aliphatic heterocycles. The molecule has 0 saturated carbocycles. The van der Waals surface area contributed by atoms with Gasteiger partial charge in [-0.1, -0.05) is 0 Å². The molecule has 86 valence electrons. The van der Waals surface area contributed by atoms with Crippen LogP contribution < -0.4 is 14.1 Å². The summed E-state index contributed by atoms with van der Waals surface area (Å²) in [6, 6.07) is 3.89. The van der Waals surface area contributed by atoms with Crippen molar-refractivity contribution in [1.82, 2.24) is 9.97 Å². The molecule has 2 aromatic rings. The fraction of sp³-hybridized carbons (Fsp3) is 0.273. The molecule has 2 rings (SSSR count). The topological polar surface area (TPSA) is 44.2 Å². The molecule has 0 N–H and O–H groups in total. The van der Waals surface area contributed by atoms with E-state index in [1.54, 1.807) is 14.2 Å². The van der Waals surface area contributed by atoms with Gasteiger partial charge in [-0.2, -0.15) is 0 Å². The normalized spacial score (nSPS) is 10.1. The van der Waals surface area contributed by atoms with E-state index in [1.807, 2.05) is 19.1 Å². The van der Waals surface area contributed by atoms with Crippen LogP contribution in [0.25, 0.3) is 10.9 Å². The second-order valence-corrected chi connectivity index (χ2v) is 7.29. The van der Waals surface area contributed by atoms with Gasteiger partial charge in [0.25, 0.3) is 0 Å². The van der Waals surface area contributed by atoms with Crippen molar-refractivity contribution in [2.24, 2.45) is 0 Å². The number of hydrogen-bond acceptors (Lipinski definition) is 4. The zero-order valence-corrected chi connectivity index (χ0v) is 14.0. The number of hydrogen-bond donors (Lipinski definition) is 0. The summed E-state index contributed by atoms with van der Waals surface area (Å²) < 4.78 is 11.8. The Bertz CT molecular complexity index is 566. The zero-order valence-electron chi connectivity index (χ0n) is 10.3. The van der Waals surface area contributed by atoms with Gasteiger partial charge in [-0.25, -0.2) is 0 Å². The van der Waals surface area contributed by atoms with Crippen LogP contribution in [0.4, 0.5) is 0 Å². The minimum atomic E-state index is 0. The molecule has 0 aliphatic carbocycles. The Kier molecular flexibility index (Phi) is 6.93. The summed E-state index contributed by atoms with van der Waals surface area (Å²) in [5, 5.41) is 1.09. The van der Waals surface area contributed by atoms with Crippen molar-refractivity contribution in [3.8, 4) is 11.5 Å². The van der Waals surface area contributed by atoms with Crippen LogP contribution in [0, 0.1) is 6.92 Å². The van der Waals surface area contributed by atoms with Crippen molar-refractivity contribution in [2.75, 3.05) is 14.2 Å². The number of aryl methyl sites for hydroxylation is 1. The summed E-state index contributed by atoms with van der Waals surface area (Å²) in [6.45, 7) is 1.92. The molecule has 0 amide bonds. The van der Waals surface area contributed by atoms with E-state index in [9.17, 15) is 0 Å². The SMILES string of the molecule is COc1cc2nc(C)nc([Se][Na])c2cc1OC.[NaH]. The van der Waals surface area contributed by atoms with Crippen LogP contribution in [-0.4, -0.2) is 89.6 Å². The second-order valence-electron chi connectivity index (χ2n) is 3.50. The maximum absolute atomic E-state index is 5.31. The van der Waals surface area contributed by atoms with Crippen LogP contribution in [0.15, 0.2) is 12.1 Å². The molecule has 0 radical (unpaired) electrons. The summed E-state index contributed by atoms with van der Waals surface area (Å²) in [7, 11) is 3.74. The summed E-state index contributed by atoms with van der Waals surface area (Å²) in [4.78, 5) is 8.95. The average Bonchev–Trinajstić information content (AvgIpc) is 2.35. The Labute approximate surface area is 149 Å². The van der Waals surface area contributed by atoms with E-state index in [1.165, 1.54) is 0 Å². The number of ether oxygens (including phenoxy) is 2. The Morgan fingerprint density at radius 3 is 2.28 bits per heavy atom. The molecular weight excluding hydrogens is 317 g/mol. The number of rotatable bonds is 3. The van der Waals surface area contributed by atoms with Crippen molar-refractivity contribution in [3.05, 3.63) is 18.0 Å². The van der Waals surface area contributed by atoms with Gasteiger partial charge in [0, 0.05) is 0 Å². The molecule has 0 spiro atoms. The standard InChI is InChI=1S/C11H12N2O2Se.2Na.H/c1-6-12-8-5-10(15-3)9(14-2)4-7(8)11(16)13-6;;;/h4-5H,1-3H3,(H,12,13,16);;;/q;;+1;/p-1. The molecule has 0 atom stereocenters. The minimum absolute atomic E-state index is 0. The predicted molar refractivity (Wildman–Crippen MR) is 75.7 cm³/mol. The Morgan fingerprint density at radius 2 is 1.72 bits per heavy atom. The molecule has 18 heavy (non-hydrogen) atoms. The van der Waals surface area contributed by atoms with Crippen molar-refractivity contribution < 1.29 is 9.47 Å². The van der Waals surface area contributed by atoms with Crippen LogP contribution in [0.1, 0.15) is 5.82 Å². The second kappa shape index (κ2) is 7.46.